The molecule has 1 amide bonds. The molecule has 0 saturated heterocycles. The zero-order valence-corrected chi connectivity index (χ0v) is 16.3. The third-order valence-corrected chi connectivity index (χ3v) is 5.01. The molecule has 1 aromatic heterocycles. The van der Waals surface area contributed by atoms with Crippen LogP contribution in [0.3, 0.4) is 0 Å². The van der Waals surface area contributed by atoms with E-state index in [2.05, 4.69) is 10.1 Å². The van der Waals surface area contributed by atoms with E-state index in [1.807, 2.05) is 6.07 Å². The fourth-order valence-electron chi connectivity index (χ4n) is 3.53. The van der Waals surface area contributed by atoms with Gasteiger partial charge in [-0.2, -0.15) is 10.1 Å². The second-order valence-corrected chi connectivity index (χ2v) is 7.11. The molecule has 0 fully saturated rings. The van der Waals surface area contributed by atoms with Gasteiger partial charge in [0.15, 0.2) is 0 Å². The number of para-hydroxylation sites is 1. The number of ether oxygens (including phenoxy) is 1. The number of carbonyl (C=O) groups is 1. The van der Waals surface area contributed by atoms with Gasteiger partial charge in [0.1, 0.15) is 5.75 Å². The topological polar surface area (TPSA) is 75.0 Å². The minimum atomic E-state index is -3.17. The predicted octanol–water partition coefficient (Wildman–Crippen LogP) is 4.09. The highest BCUT2D eigenvalue weighted by atomic mass is 19.3. The number of aliphatic hydroxyl groups is 1. The number of methoxy groups -OCH3 is 1. The standard InChI is InChI=1S/C22H19F2N3O3/c1-13-12-22(29,21(23)24)27(26-13)20(28)17-11-19(14-6-5-7-15(10-14)30-2)25-18-9-4-3-8-16(17)18/h3-11,21,29H,12H2,1-2H3/t22-/m1/s1. The molecule has 8 heteroatoms. The number of hydrogen-bond donors (Lipinski definition) is 1. The third kappa shape index (κ3) is 3.29. The first kappa shape index (κ1) is 19.9. The summed E-state index contributed by atoms with van der Waals surface area (Å²) >= 11 is 0. The van der Waals surface area contributed by atoms with Crippen molar-refractivity contribution in [2.24, 2.45) is 5.10 Å². The lowest BCUT2D eigenvalue weighted by molar-refractivity contribution is -0.164. The molecule has 2 aromatic carbocycles. The highest BCUT2D eigenvalue weighted by Gasteiger charge is 2.51. The third-order valence-electron chi connectivity index (χ3n) is 5.01. The molecular formula is C22H19F2N3O3. The van der Waals surface area contributed by atoms with Crippen LogP contribution in [-0.4, -0.2) is 46.0 Å². The Morgan fingerprint density at radius 2 is 1.97 bits per heavy atom. The van der Waals surface area contributed by atoms with E-state index in [4.69, 9.17) is 4.74 Å². The average Bonchev–Trinajstić information content (AvgIpc) is 3.08. The first-order valence-electron chi connectivity index (χ1n) is 9.27. The van der Waals surface area contributed by atoms with Crippen molar-refractivity contribution in [3.8, 4) is 17.0 Å². The molecule has 0 bridgehead atoms. The van der Waals surface area contributed by atoms with E-state index in [-0.39, 0.29) is 11.3 Å². The molecule has 2 heterocycles. The summed E-state index contributed by atoms with van der Waals surface area (Å²) in [7, 11) is 1.54. The Morgan fingerprint density at radius 3 is 2.70 bits per heavy atom. The molecule has 1 N–H and O–H groups in total. The van der Waals surface area contributed by atoms with Gasteiger partial charge in [-0.3, -0.25) is 4.79 Å². The summed E-state index contributed by atoms with van der Waals surface area (Å²) in [6.45, 7) is 1.49. The van der Waals surface area contributed by atoms with E-state index in [9.17, 15) is 18.7 Å². The number of rotatable bonds is 4. The van der Waals surface area contributed by atoms with Crippen molar-refractivity contribution in [3.63, 3.8) is 0 Å². The zero-order valence-electron chi connectivity index (χ0n) is 16.3. The van der Waals surface area contributed by atoms with Crippen LogP contribution in [0.4, 0.5) is 8.78 Å². The molecule has 0 radical (unpaired) electrons. The molecule has 0 unspecified atom stereocenters. The van der Waals surface area contributed by atoms with Crippen molar-refractivity contribution in [1.29, 1.82) is 0 Å². The van der Waals surface area contributed by atoms with Gasteiger partial charge in [0.05, 0.1) is 23.9 Å². The van der Waals surface area contributed by atoms with Gasteiger partial charge in [-0.05, 0) is 31.2 Å². The minimum Gasteiger partial charge on any atom is -0.497 e. The lowest BCUT2D eigenvalue weighted by atomic mass is 10.0. The van der Waals surface area contributed by atoms with Crippen molar-refractivity contribution >= 4 is 22.5 Å². The van der Waals surface area contributed by atoms with E-state index in [1.54, 1.807) is 49.6 Å². The summed E-state index contributed by atoms with van der Waals surface area (Å²) in [5.41, 5.74) is -0.632. The number of alkyl halides is 2. The Labute approximate surface area is 171 Å². The van der Waals surface area contributed by atoms with Gasteiger partial charge in [-0.15, -0.1) is 0 Å². The van der Waals surface area contributed by atoms with Gasteiger partial charge in [-0.25, -0.2) is 13.8 Å². The number of nitrogens with zero attached hydrogens (tertiary/aromatic N) is 3. The van der Waals surface area contributed by atoms with Gasteiger partial charge in [0.2, 0.25) is 5.72 Å². The highest BCUT2D eigenvalue weighted by molar-refractivity contribution is 6.08. The van der Waals surface area contributed by atoms with Crippen LogP contribution in [0, 0.1) is 0 Å². The van der Waals surface area contributed by atoms with Crippen LogP contribution in [0.15, 0.2) is 59.7 Å². The Kier molecular flexibility index (Phi) is 4.95. The number of amides is 1. The largest absolute Gasteiger partial charge is 0.497 e. The van der Waals surface area contributed by atoms with E-state index < -0.39 is 24.5 Å². The van der Waals surface area contributed by atoms with E-state index >= 15 is 0 Å². The maximum Gasteiger partial charge on any atom is 0.287 e. The van der Waals surface area contributed by atoms with E-state index in [0.29, 0.717) is 32.9 Å². The molecule has 1 atom stereocenters. The summed E-state index contributed by atoms with van der Waals surface area (Å²) in [6, 6.07) is 15.6. The molecule has 1 aliphatic rings. The number of aromatic nitrogens is 1. The number of hydrazone groups is 1. The van der Waals surface area contributed by atoms with Crippen LogP contribution in [0.5, 0.6) is 5.75 Å². The Morgan fingerprint density at radius 1 is 1.20 bits per heavy atom. The predicted molar refractivity (Wildman–Crippen MR) is 109 cm³/mol. The molecule has 6 nitrogen and oxygen atoms in total. The summed E-state index contributed by atoms with van der Waals surface area (Å²) in [5, 5.41) is 15.3. The Balaban J connectivity index is 1.88. The average molecular weight is 411 g/mol. The summed E-state index contributed by atoms with van der Waals surface area (Å²) < 4.78 is 32.5. The molecule has 0 aliphatic carbocycles. The number of halogens is 2. The smallest absolute Gasteiger partial charge is 0.287 e. The molecule has 4 rings (SSSR count). The number of carbonyl (C=O) groups excluding carboxylic acids is 1. The second-order valence-electron chi connectivity index (χ2n) is 7.11. The van der Waals surface area contributed by atoms with Gasteiger partial charge in [0, 0.05) is 23.1 Å². The number of fused-ring (bicyclic) bond motifs is 1. The number of benzene rings is 2. The molecule has 0 saturated carbocycles. The zero-order chi connectivity index (χ0) is 21.5. The molecule has 1 aliphatic heterocycles. The highest BCUT2D eigenvalue weighted by Crippen LogP contribution is 2.35. The van der Waals surface area contributed by atoms with Crippen LogP contribution in [0.1, 0.15) is 23.7 Å². The maximum absolute atomic E-state index is 13.6. The van der Waals surface area contributed by atoms with Crippen LogP contribution in [0.25, 0.3) is 22.2 Å². The fraction of sp³-hybridized carbons (Fsp3) is 0.227. The van der Waals surface area contributed by atoms with Crippen LogP contribution >= 0.6 is 0 Å². The maximum atomic E-state index is 13.6. The molecule has 3 aromatic rings. The summed E-state index contributed by atoms with van der Waals surface area (Å²) in [5.74, 6) is -0.209. The van der Waals surface area contributed by atoms with Gasteiger partial charge in [0.25, 0.3) is 12.3 Å². The van der Waals surface area contributed by atoms with Crippen LogP contribution in [0.2, 0.25) is 0 Å². The van der Waals surface area contributed by atoms with Gasteiger partial charge in [-0.1, -0.05) is 30.3 Å². The lowest BCUT2D eigenvalue weighted by Gasteiger charge is -2.30. The van der Waals surface area contributed by atoms with Crippen molar-refractivity contribution in [2.45, 2.75) is 25.5 Å². The molecule has 0 spiro atoms. The summed E-state index contributed by atoms with van der Waals surface area (Å²) in [4.78, 5) is 17.9. The fourth-order valence-corrected chi connectivity index (χ4v) is 3.53. The van der Waals surface area contributed by atoms with Gasteiger partial charge >= 0.3 is 0 Å². The SMILES string of the molecule is COc1cccc(-c2cc(C(=O)N3N=C(C)C[C@@]3(O)C(F)F)c3ccccc3n2)c1. The lowest BCUT2D eigenvalue weighted by Crippen LogP contribution is -2.51. The summed E-state index contributed by atoms with van der Waals surface area (Å²) in [6.07, 6.45) is -3.59. The van der Waals surface area contributed by atoms with Crippen molar-refractivity contribution in [3.05, 3.63) is 60.2 Å². The number of pyridine rings is 1. The van der Waals surface area contributed by atoms with Gasteiger partial charge < -0.3 is 9.84 Å². The molecule has 154 valence electrons. The van der Waals surface area contributed by atoms with Crippen molar-refractivity contribution < 1.29 is 23.4 Å². The first-order chi connectivity index (χ1) is 14.3. The molecular weight excluding hydrogens is 392 g/mol. The van der Waals surface area contributed by atoms with E-state index in [1.165, 1.54) is 13.0 Å². The quantitative estimate of drug-likeness (QED) is 0.702. The van der Waals surface area contributed by atoms with Crippen LogP contribution < -0.4 is 4.74 Å². The van der Waals surface area contributed by atoms with Crippen molar-refractivity contribution in [2.75, 3.05) is 7.11 Å². The van der Waals surface area contributed by atoms with Crippen molar-refractivity contribution in [1.82, 2.24) is 9.99 Å². The number of hydrogen-bond acceptors (Lipinski definition) is 5. The normalized spacial score (nSPS) is 18.7. The Hall–Kier alpha value is -3.39. The second kappa shape index (κ2) is 7.46. The monoisotopic (exact) mass is 411 g/mol. The molecule has 30 heavy (non-hydrogen) atoms. The first-order valence-corrected chi connectivity index (χ1v) is 9.27. The minimum absolute atomic E-state index is 0.121. The Bertz CT molecular complexity index is 1170. The van der Waals surface area contributed by atoms with Crippen LogP contribution in [-0.2, 0) is 0 Å². The van der Waals surface area contributed by atoms with E-state index in [0.717, 1.165) is 0 Å².